The maximum atomic E-state index is 13.1. The molecule has 178 valence electrons. The minimum Gasteiger partial charge on any atom is -0.507 e. The summed E-state index contributed by atoms with van der Waals surface area (Å²) in [6, 6.07) is 3.94. The Morgan fingerprint density at radius 1 is 1.00 bits per heavy atom. The number of phenols is 3. The molecule has 2 aromatic rings. The van der Waals surface area contributed by atoms with Crippen LogP contribution < -0.4 is 0 Å². The van der Waals surface area contributed by atoms with Gasteiger partial charge in [0.05, 0.1) is 16.7 Å². The van der Waals surface area contributed by atoms with Crippen LogP contribution in [0.2, 0.25) is 0 Å². The van der Waals surface area contributed by atoms with Gasteiger partial charge in [0.2, 0.25) is 11.6 Å². The van der Waals surface area contributed by atoms with E-state index in [2.05, 4.69) is 0 Å². The number of aliphatic hydroxyl groups is 1. The summed E-state index contributed by atoms with van der Waals surface area (Å²) in [5.41, 5.74) is -3.14. The second kappa shape index (κ2) is 8.57. The molecule has 0 amide bonds. The molecule has 0 aromatic heterocycles. The van der Waals surface area contributed by atoms with Crippen molar-refractivity contribution in [2.45, 2.75) is 51.0 Å². The minimum atomic E-state index is -1.99. The van der Waals surface area contributed by atoms with Gasteiger partial charge in [0.15, 0.2) is 12.4 Å². The Morgan fingerprint density at radius 2 is 1.68 bits per heavy atom. The molecule has 9 heteroatoms. The predicted molar refractivity (Wildman–Crippen MR) is 117 cm³/mol. The standard InChI is InChI=1S/C25H24O9/c1-2-3-7-17(28)34-11-16(27)25(33)9-8-12-14(10-25)23(31)19-20(21(12)29)24(32)18-13(22(19)30)5-4-6-15(18)26/h4-6,26,29,31,33H,2-3,7-11H2,1H3. The molecule has 9 nitrogen and oxygen atoms in total. The van der Waals surface area contributed by atoms with E-state index >= 15 is 0 Å². The Bertz CT molecular complexity index is 1240. The van der Waals surface area contributed by atoms with E-state index in [1.54, 1.807) is 0 Å². The first-order chi connectivity index (χ1) is 16.1. The van der Waals surface area contributed by atoms with E-state index in [4.69, 9.17) is 4.74 Å². The van der Waals surface area contributed by atoms with E-state index in [0.717, 1.165) is 6.42 Å². The van der Waals surface area contributed by atoms with Gasteiger partial charge in [-0.25, -0.2) is 0 Å². The summed E-state index contributed by atoms with van der Waals surface area (Å²) >= 11 is 0. The van der Waals surface area contributed by atoms with Gasteiger partial charge in [0.1, 0.15) is 22.8 Å². The number of hydrogen-bond donors (Lipinski definition) is 4. The number of carbonyl (C=O) groups is 4. The van der Waals surface area contributed by atoms with E-state index in [1.807, 2.05) is 6.92 Å². The number of phenolic OH excluding ortho intramolecular Hbond substituents is 3. The fourth-order valence-corrected chi connectivity index (χ4v) is 4.58. The van der Waals surface area contributed by atoms with Gasteiger partial charge in [-0.1, -0.05) is 25.5 Å². The summed E-state index contributed by atoms with van der Waals surface area (Å²) in [6.45, 7) is 1.26. The third-order valence-electron chi connectivity index (χ3n) is 6.50. The van der Waals surface area contributed by atoms with E-state index in [0.29, 0.717) is 6.42 Å². The Labute approximate surface area is 194 Å². The van der Waals surface area contributed by atoms with Crippen molar-refractivity contribution in [1.29, 1.82) is 0 Å². The number of hydrogen-bond acceptors (Lipinski definition) is 9. The highest BCUT2D eigenvalue weighted by molar-refractivity contribution is 6.31. The zero-order chi connectivity index (χ0) is 24.8. The molecule has 2 aliphatic carbocycles. The molecule has 4 rings (SSSR count). The molecule has 0 fully saturated rings. The number of esters is 1. The normalized spacial score (nSPS) is 18.6. The summed E-state index contributed by atoms with van der Waals surface area (Å²) in [4.78, 5) is 50.6. The zero-order valence-corrected chi connectivity index (χ0v) is 18.5. The fourth-order valence-electron chi connectivity index (χ4n) is 4.58. The summed E-state index contributed by atoms with van der Waals surface area (Å²) < 4.78 is 4.96. The summed E-state index contributed by atoms with van der Waals surface area (Å²) in [5.74, 6) is -4.48. The number of rotatable bonds is 6. The number of fused-ring (bicyclic) bond motifs is 3. The van der Waals surface area contributed by atoms with E-state index in [9.17, 15) is 39.6 Å². The van der Waals surface area contributed by atoms with Crippen molar-refractivity contribution in [3.63, 3.8) is 0 Å². The quantitative estimate of drug-likeness (QED) is 0.314. The van der Waals surface area contributed by atoms with Crippen LogP contribution >= 0.6 is 0 Å². The van der Waals surface area contributed by atoms with Gasteiger partial charge >= 0.3 is 5.97 Å². The highest BCUT2D eigenvalue weighted by Crippen LogP contribution is 2.48. The summed E-state index contributed by atoms with van der Waals surface area (Å²) in [7, 11) is 0. The first kappa shape index (κ1) is 23.4. The molecule has 0 saturated heterocycles. The van der Waals surface area contributed by atoms with Crippen LogP contribution in [0.25, 0.3) is 0 Å². The molecule has 2 aromatic carbocycles. The Hall–Kier alpha value is -3.72. The van der Waals surface area contributed by atoms with Crippen LogP contribution in [0.1, 0.15) is 75.6 Å². The second-order valence-electron chi connectivity index (χ2n) is 8.66. The molecule has 0 heterocycles. The minimum absolute atomic E-state index is 0.0274. The van der Waals surface area contributed by atoms with Crippen molar-refractivity contribution < 1.29 is 44.3 Å². The second-order valence-corrected chi connectivity index (χ2v) is 8.66. The summed E-state index contributed by atoms with van der Waals surface area (Å²) in [6.07, 6.45) is 0.872. The first-order valence-electron chi connectivity index (χ1n) is 11.0. The number of aromatic hydroxyl groups is 3. The van der Waals surface area contributed by atoms with Crippen LogP contribution in [-0.2, 0) is 27.2 Å². The highest BCUT2D eigenvalue weighted by Gasteiger charge is 2.45. The molecule has 0 saturated carbocycles. The van der Waals surface area contributed by atoms with Crippen LogP contribution in [-0.4, -0.2) is 56.0 Å². The zero-order valence-electron chi connectivity index (χ0n) is 18.5. The van der Waals surface area contributed by atoms with Crippen molar-refractivity contribution in [3.8, 4) is 17.2 Å². The molecule has 34 heavy (non-hydrogen) atoms. The maximum Gasteiger partial charge on any atom is 0.306 e. The van der Waals surface area contributed by atoms with Gasteiger partial charge < -0.3 is 25.2 Å². The van der Waals surface area contributed by atoms with Crippen molar-refractivity contribution >= 4 is 23.3 Å². The molecule has 0 aliphatic heterocycles. The molecule has 1 atom stereocenters. The van der Waals surface area contributed by atoms with E-state index in [-0.39, 0.29) is 41.5 Å². The molecule has 0 radical (unpaired) electrons. The van der Waals surface area contributed by atoms with Crippen LogP contribution in [0, 0.1) is 0 Å². The Morgan fingerprint density at radius 3 is 2.38 bits per heavy atom. The third-order valence-corrected chi connectivity index (χ3v) is 6.50. The van der Waals surface area contributed by atoms with E-state index < -0.39 is 70.3 Å². The predicted octanol–water partition coefficient (Wildman–Crippen LogP) is 2.10. The number of unbranched alkanes of at least 4 members (excludes halogenated alkanes) is 1. The average Bonchev–Trinajstić information content (AvgIpc) is 2.81. The first-order valence-corrected chi connectivity index (χ1v) is 11.0. The molecular formula is C25H24O9. The topological polar surface area (TPSA) is 158 Å². The highest BCUT2D eigenvalue weighted by atomic mass is 16.5. The van der Waals surface area contributed by atoms with Crippen molar-refractivity contribution in [3.05, 3.63) is 51.6 Å². The van der Waals surface area contributed by atoms with Gasteiger partial charge in [0.25, 0.3) is 0 Å². The van der Waals surface area contributed by atoms with Crippen LogP contribution in [0.4, 0.5) is 0 Å². The smallest absolute Gasteiger partial charge is 0.306 e. The number of Topliss-reactive ketones (excluding diaryl/α,β-unsaturated/α-hetero) is 1. The molecule has 0 bridgehead atoms. The van der Waals surface area contributed by atoms with Crippen LogP contribution in [0.15, 0.2) is 18.2 Å². The number of carbonyl (C=O) groups excluding carboxylic acids is 4. The van der Waals surface area contributed by atoms with Gasteiger partial charge in [-0.3, -0.25) is 19.2 Å². The number of ether oxygens (including phenoxy) is 1. The third kappa shape index (κ3) is 3.62. The fraction of sp³-hybridized carbons (Fsp3) is 0.360. The summed E-state index contributed by atoms with van der Waals surface area (Å²) in [5, 5.41) is 42.9. The largest absolute Gasteiger partial charge is 0.507 e. The van der Waals surface area contributed by atoms with Gasteiger partial charge in [0, 0.05) is 29.5 Å². The van der Waals surface area contributed by atoms with Crippen molar-refractivity contribution in [1.82, 2.24) is 0 Å². The molecule has 4 N–H and O–H groups in total. The lowest BCUT2D eigenvalue weighted by Gasteiger charge is -2.34. The van der Waals surface area contributed by atoms with Crippen molar-refractivity contribution in [2.75, 3.05) is 6.61 Å². The SMILES string of the molecule is CCCCC(=O)OCC(=O)C1(O)CCc2c(O)c3c(c(O)c2C1)C(=O)c1cccc(O)c1C3=O. The van der Waals surface area contributed by atoms with E-state index in [1.165, 1.54) is 18.2 Å². The van der Waals surface area contributed by atoms with Crippen LogP contribution in [0.5, 0.6) is 17.2 Å². The molecular weight excluding hydrogens is 444 g/mol. The molecule has 2 aliphatic rings. The lowest BCUT2D eigenvalue weighted by Crippen LogP contribution is -2.46. The van der Waals surface area contributed by atoms with Crippen LogP contribution in [0.3, 0.4) is 0 Å². The Kier molecular flexibility index (Phi) is 5.91. The lowest BCUT2D eigenvalue weighted by molar-refractivity contribution is -0.155. The monoisotopic (exact) mass is 468 g/mol. The Balaban J connectivity index is 1.69. The van der Waals surface area contributed by atoms with Gasteiger partial charge in [-0.2, -0.15) is 0 Å². The maximum absolute atomic E-state index is 13.1. The number of ketones is 3. The van der Waals surface area contributed by atoms with Gasteiger partial charge in [-0.05, 0) is 25.3 Å². The molecule has 0 spiro atoms. The lowest BCUT2D eigenvalue weighted by atomic mass is 9.73. The molecule has 1 unspecified atom stereocenters. The number of benzene rings is 2. The van der Waals surface area contributed by atoms with Gasteiger partial charge in [-0.15, -0.1) is 0 Å². The van der Waals surface area contributed by atoms with Crippen molar-refractivity contribution in [2.24, 2.45) is 0 Å². The average molecular weight is 468 g/mol.